The van der Waals surface area contributed by atoms with Crippen LogP contribution in [0.1, 0.15) is 35.7 Å². The number of carbonyl (C=O) groups excluding carboxylic acids is 3. The lowest BCUT2D eigenvalue weighted by Gasteiger charge is -2.32. The highest BCUT2D eigenvalue weighted by atomic mass is 19.1. The van der Waals surface area contributed by atoms with E-state index in [4.69, 9.17) is 4.74 Å². The van der Waals surface area contributed by atoms with Gasteiger partial charge in [0.25, 0.3) is 11.8 Å². The molecule has 1 aliphatic rings. The number of anilines is 1. The fraction of sp³-hybridized carbons (Fsp3) is 0.348. The van der Waals surface area contributed by atoms with Crippen LogP contribution in [0.3, 0.4) is 0 Å². The monoisotopic (exact) mass is 412 g/mol. The number of likely N-dealkylation sites (tertiary alicyclic amines) is 1. The van der Waals surface area contributed by atoms with E-state index >= 15 is 0 Å². The van der Waals surface area contributed by atoms with Crippen LogP contribution in [-0.4, -0.2) is 41.9 Å². The maximum absolute atomic E-state index is 13.1. The van der Waals surface area contributed by atoms with Crippen molar-refractivity contribution in [3.05, 3.63) is 65.5 Å². The molecule has 158 valence electrons. The van der Waals surface area contributed by atoms with Gasteiger partial charge in [0.2, 0.25) is 0 Å². The smallest absolute Gasteiger partial charge is 0.311 e. The summed E-state index contributed by atoms with van der Waals surface area (Å²) in [5.41, 5.74) is 1.95. The van der Waals surface area contributed by atoms with E-state index in [0.29, 0.717) is 30.6 Å². The lowest BCUT2D eigenvalue weighted by atomic mass is 9.97. The fourth-order valence-corrected chi connectivity index (χ4v) is 3.40. The number of benzene rings is 2. The van der Waals surface area contributed by atoms with Crippen LogP contribution in [0.5, 0.6) is 0 Å². The highest BCUT2D eigenvalue weighted by Crippen LogP contribution is 2.21. The first kappa shape index (κ1) is 21.5. The van der Waals surface area contributed by atoms with Gasteiger partial charge in [-0.25, -0.2) is 4.39 Å². The molecular formula is C23H25FN2O4. The van der Waals surface area contributed by atoms with Gasteiger partial charge in [-0.15, -0.1) is 0 Å². The third-order valence-electron chi connectivity index (χ3n) is 5.20. The van der Waals surface area contributed by atoms with Gasteiger partial charge in [0.15, 0.2) is 6.10 Å². The summed E-state index contributed by atoms with van der Waals surface area (Å²) >= 11 is 0. The van der Waals surface area contributed by atoms with Gasteiger partial charge in [-0.05, 0) is 62.6 Å². The van der Waals surface area contributed by atoms with Crippen molar-refractivity contribution < 1.29 is 23.5 Å². The molecule has 1 heterocycles. The number of ether oxygens (including phenoxy) is 1. The van der Waals surface area contributed by atoms with Crippen LogP contribution in [0.25, 0.3) is 0 Å². The van der Waals surface area contributed by atoms with Crippen molar-refractivity contribution in [3.8, 4) is 0 Å². The number of rotatable bonds is 5. The van der Waals surface area contributed by atoms with Gasteiger partial charge >= 0.3 is 5.97 Å². The van der Waals surface area contributed by atoms with Crippen LogP contribution in [0, 0.1) is 18.7 Å². The quantitative estimate of drug-likeness (QED) is 0.762. The predicted molar refractivity (Wildman–Crippen MR) is 110 cm³/mol. The Balaban J connectivity index is 1.56. The molecule has 0 saturated carbocycles. The van der Waals surface area contributed by atoms with Crippen molar-refractivity contribution in [1.82, 2.24) is 4.90 Å². The average molecular weight is 412 g/mol. The van der Waals surface area contributed by atoms with Gasteiger partial charge in [-0.2, -0.15) is 0 Å². The molecule has 1 saturated heterocycles. The van der Waals surface area contributed by atoms with Crippen molar-refractivity contribution in [3.63, 3.8) is 0 Å². The van der Waals surface area contributed by atoms with E-state index in [-0.39, 0.29) is 12.5 Å². The van der Waals surface area contributed by atoms with Crippen LogP contribution < -0.4 is 5.32 Å². The molecule has 2 atom stereocenters. The number of carbonyl (C=O) groups is 3. The SMILES string of the molecule is Cc1ccccc1NC(=O)C(C)OC(=O)C1CCCN(C(=O)c2ccc(F)cc2)C1. The number of aryl methyl sites for hydroxylation is 1. The Kier molecular flexibility index (Phi) is 6.82. The highest BCUT2D eigenvalue weighted by molar-refractivity contribution is 5.96. The molecule has 2 unspecified atom stereocenters. The lowest BCUT2D eigenvalue weighted by molar-refractivity contribution is -0.158. The number of para-hydroxylation sites is 1. The van der Waals surface area contributed by atoms with Crippen molar-refractivity contribution in [2.45, 2.75) is 32.8 Å². The standard InChI is InChI=1S/C23H25FN2O4/c1-15-6-3-4-8-20(15)25-21(27)16(2)30-23(29)18-7-5-13-26(14-18)22(28)17-9-11-19(24)12-10-17/h3-4,6,8-12,16,18H,5,7,13-14H2,1-2H3,(H,25,27). The third kappa shape index (κ3) is 5.23. The molecule has 3 rings (SSSR count). The number of nitrogens with one attached hydrogen (secondary N) is 1. The van der Waals surface area contributed by atoms with Gasteiger partial charge in [0.05, 0.1) is 5.92 Å². The van der Waals surface area contributed by atoms with Crippen LogP contribution in [-0.2, 0) is 14.3 Å². The second kappa shape index (κ2) is 9.52. The Morgan fingerprint density at radius 1 is 1.13 bits per heavy atom. The zero-order valence-electron chi connectivity index (χ0n) is 17.1. The number of piperidine rings is 1. The maximum Gasteiger partial charge on any atom is 0.311 e. The van der Waals surface area contributed by atoms with Crippen LogP contribution in [0.15, 0.2) is 48.5 Å². The van der Waals surface area contributed by atoms with E-state index < -0.39 is 29.7 Å². The molecule has 0 bridgehead atoms. The lowest BCUT2D eigenvalue weighted by Crippen LogP contribution is -2.44. The van der Waals surface area contributed by atoms with Crippen molar-refractivity contribution >= 4 is 23.5 Å². The predicted octanol–water partition coefficient (Wildman–Crippen LogP) is 3.56. The van der Waals surface area contributed by atoms with Gasteiger partial charge in [0, 0.05) is 24.3 Å². The summed E-state index contributed by atoms with van der Waals surface area (Å²) in [5, 5.41) is 2.76. The Morgan fingerprint density at radius 3 is 2.53 bits per heavy atom. The molecule has 0 aromatic heterocycles. The summed E-state index contributed by atoms with van der Waals surface area (Å²) in [6.07, 6.45) is 0.273. The molecule has 2 aromatic carbocycles. The van der Waals surface area contributed by atoms with E-state index in [1.54, 1.807) is 11.0 Å². The van der Waals surface area contributed by atoms with Crippen LogP contribution in [0.2, 0.25) is 0 Å². The summed E-state index contributed by atoms with van der Waals surface area (Å²) in [7, 11) is 0. The number of halogens is 1. The average Bonchev–Trinajstić information content (AvgIpc) is 2.75. The fourth-order valence-electron chi connectivity index (χ4n) is 3.40. The largest absolute Gasteiger partial charge is 0.452 e. The number of hydrogen-bond donors (Lipinski definition) is 1. The summed E-state index contributed by atoms with van der Waals surface area (Å²) in [5.74, 6) is -2.08. The van der Waals surface area contributed by atoms with Gasteiger partial charge < -0.3 is 15.0 Å². The normalized spacial score (nSPS) is 17.2. The second-order valence-electron chi connectivity index (χ2n) is 7.48. The molecule has 7 heteroatoms. The second-order valence-corrected chi connectivity index (χ2v) is 7.48. The van der Waals surface area contributed by atoms with E-state index in [1.165, 1.54) is 31.2 Å². The van der Waals surface area contributed by atoms with Crippen LogP contribution in [0.4, 0.5) is 10.1 Å². The van der Waals surface area contributed by atoms with Gasteiger partial charge in [0.1, 0.15) is 5.82 Å². The molecule has 2 aromatic rings. The van der Waals surface area contributed by atoms with E-state index in [2.05, 4.69) is 5.32 Å². The topological polar surface area (TPSA) is 75.7 Å². The van der Waals surface area contributed by atoms with E-state index in [0.717, 1.165) is 5.56 Å². The number of esters is 1. The number of nitrogens with zero attached hydrogens (tertiary/aromatic N) is 1. The molecular weight excluding hydrogens is 387 g/mol. The highest BCUT2D eigenvalue weighted by Gasteiger charge is 2.31. The van der Waals surface area contributed by atoms with E-state index in [1.807, 2.05) is 25.1 Å². The Hall–Kier alpha value is -3.22. The Labute approximate surface area is 175 Å². The Bertz CT molecular complexity index is 929. The summed E-state index contributed by atoms with van der Waals surface area (Å²) in [4.78, 5) is 39.2. The molecule has 0 spiro atoms. The summed E-state index contributed by atoms with van der Waals surface area (Å²) < 4.78 is 18.5. The first-order chi connectivity index (χ1) is 14.3. The van der Waals surface area contributed by atoms with Gasteiger partial charge in [-0.1, -0.05) is 18.2 Å². The van der Waals surface area contributed by atoms with E-state index in [9.17, 15) is 18.8 Å². The number of amides is 2. The maximum atomic E-state index is 13.1. The summed E-state index contributed by atoms with van der Waals surface area (Å²) in [6, 6.07) is 12.7. The Morgan fingerprint density at radius 2 is 1.83 bits per heavy atom. The third-order valence-corrected chi connectivity index (χ3v) is 5.20. The first-order valence-corrected chi connectivity index (χ1v) is 9.97. The van der Waals surface area contributed by atoms with Crippen molar-refractivity contribution in [2.75, 3.05) is 18.4 Å². The van der Waals surface area contributed by atoms with Crippen molar-refractivity contribution in [1.29, 1.82) is 0 Å². The first-order valence-electron chi connectivity index (χ1n) is 9.97. The molecule has 1 fully saturated rings. The molecule has 1 N–H and O–H groups in total. The molecule has 0 radical (unpaired) electrons. The van der Waals surface area contributed by atoms with Crippen LogP contribution >= 0.6 is 0 Å². The minimum atomic E-state index is -0.958. The molecule has 6 nitrogen and oxygen atoms in total. The molecule has 30 heavy (non-hydrogen) atoms. The molecule has 2 amide bonds. The van der Waals surface area contributed by atoms with Gasteiger partial charge in [-0.3, -0.25) is 14.4 Å². The zero-order chi connectivity index (χ0) is 21.7. The minimum absolute atomic E-state index is 0.209. The summed E-state index contributed by atoms with van der Waals surface area (Å²) in [6.45, 7) is 4.13. The molecule has 1 aliphatic heterocycles. The zero-order valence-corrected chi connectivity index (χ0v) is 17.1. The minimum Gasteiger partial charge on any atom is -0.452 e. The molecule has 0 aliphatic carbocycles. The van der Waals surface area contributed by atoms with Crippen molar-refractivity contribution in [2.24, 2.45) is 5.92 Å². The number of hydrogen-bond acceptors (Lipinski definition) is 4.